The maximum atomic E-state index is 9.80. The van der Waals surface area contributed by atoms with Crippen molar-refractivity contribution in [3.05, 3.63) is 17.7 Å². The van der Waals surface area contributed by atoms with Gasteiger partial charge in [0.05, 0.1) is 5.69 Å². The van der Waals surface area contributed by atoms with E-state index in [0.29, 0.717) is 6.54 Å². The third-order valence-corrected chi connectivity index (χ3v) is 2.48. The minimum absolute atomic E-state index is 0.508. The second-order valence-corrected chi connectivity index (χ2v) is 3.51. The van der Waals surface area contributed by atoms with E-state index in [0.717, 1.165) is 31.2 Å². The molecule has 0 saturated heterocycles. The van der Waals surface area contributed by atoms with E-state index in [1.165, 1.54) is 0 Å². The van der Waals surface area contributed by atoms with Crippen LogP contribution >= 0.6 is 0 Å². The average Bonchev–Trinajstić information content (AvgIpc) is 2.61. The normalized spacial score (nSPS) is 17.9. The number of aliphatic hydroxyl groups is 1. The van der Waals surface area contributed by atoms with Crippen molar-refractivity contribution in [1.29, 1.82) is 0 Å². The number of fused-ring (bicyclic) bond motifs is 1. The van der Waals surface area contributed by atoms with E-state index >= 15 is 0 Å². The highest BCUT2D eigenvalue weighted by Gasteiger charge is 2.18. The Morgan fingerprint density at radius 3 is 3.43 bits per heavy atom. The van der Waals surface area contributed by atoms with E-state index in [1.807, 2.05) is 13.2 Å². The molecule has 0 aliphatic carbocycles. The summed E-state index contributed by atoms with van der Waals surface area (Å²) in [6.07, 6.45) is 1.33. The predicted octanol–water partition coefficient (Wildman–Crippen LogP) is -0.761. The van der Waals surface area contributed by atoms with Crippen molar-refractivity contribution >= 4 is 0 Å². The molecule has 2 heterocycles. The smallest absolute Gasteiger partial charge is 0.139 e. The Labute approximate surface area is 83.1 Å². The van der Waals surface area contributed by atoms with E-state index in [-0.39, 0.29) is 0 Å². The molecule has 1 unspecified atom stereocenters. The van der Waals surface area contributed by atoms with Gasteiger partial charge in [-0.3, -0.25) is 0 Å². The minimum atomic E-state index is -0.508. The highest BCUT2D eigenvalue weighted by Crippen LogP contribution is 2.15. The van der Waals surface area contributed by atoms with Crippen LogP contribution in [0.15, 0.2) is 6.20 Å². The van der Waals surface area contributed by atoms with Crippen molar-refractivity contribution in [3.8, 4) is 0 Å². The lowest BCUT2D eigenvalue weighted by Gasteiger charge is -2.19. The quantitative estimate of drug-likeness (QED) is 0.594. The lowest BCUT2D eigenvalue weighted by atomic mass is 10.3. The SMILES string of the molecule is CNCC(O)c1ncc2n1CCNC2. The van der Waals surface area contributed by atoms with Gasteiger partial charge < -0.3 is 20.3 Å². The lowest BCUT2D eigenvalue weighted by molar-refractivity contribution is 0.162. The van der Waals surface area contributed by atoms with E-state index in [1.54, 1.807) is 0 Å². The Bertz CT molecular complexity index is 310. The van der Waals surface area contributed by atoms with Crippen LogP contribution in [-0.2, 0) is 13.1 Å². The number of likely N-dealkylation sites (N-methyl/N-ethyl adjacent to an activating group) is 1. The van der Waals surface area contributed by atoms with Crippen molar-refractivity contribution in [1.82, 2.24) is 20.2 Å². The summed E-state index contributed by atoms with van der Waals surface area (Å²) in [7, 11) is 1.82. The number of rotatable bonds is 3. The highest BCUT2D eigenvalue weighted by atomic mass is 16.3. The van der Waals surface area contributed by atoms with Gasteiger partial charge in [-0.15, -0.1) is 0 Å². The number of imidazole rings is 1. The molecule has 2 rings (SSSR count). The number of hydrogen-bond donors (Lipinski definition) is 3. The topological polar surface area (TPSA) is 62.1 Å². The summed E-state index contributed by atoms with van der Waals surface area (Å²) in [6, 6.07) is 0. The molecule has 1 atom stereocenters. The van der Waals surface area contributed by atoms with E-state index in [9.17, 15) is 5.11 Å². The molecule has 0 aromatic carbocycles. The number of nitrogens with zero attached hydrogens (tertiary/aromatic N) is 2. The van der Waals surface area contributed by atoms with Crippen LogP contribution < -0.4 is 10.6 Å². The molecule has 0 spiro atoms. The van der Waals surface area contributed by atoms with Crippen LogP contribution in [0.2, 0.25) is 0 Å². The Kier molecular flexibility index (Phi) is 2.81. The van der Waals surface area contributed by atoms with Crippen molar-refractivity contribution in [2.45, 2.75) is 19.2 Å². The first-order valence-electron chi connectivity index (χ1n) is 4.90. The maximum Gasteiger partial charge on any atom is 0.139 e. The fraction of sp³-hybridized carbons (Fsp3) is 0.667. The van der Waals surface area contributed by atoms with Gasteiger partial charge in [0.2, 0.25) is 0 Å². The van der Waals surface area contributed by atoms with Gasteiger partial charge in [0.15, 0.2) is 0 Å². The number of aromatic nitrogens is 2. The summed E-state index contributed by atoms with van der Waals surface area (Å²) in [4.78, 5) is 4.25. The van der Waals surface area contributed by atoms with Crippen LogP contribution in [0.5, 0.6) is 0 Å². The summed E-state index contributed by atoms with van der Waals surface area (Å²) in [5, 5.41) is 16.0. The molecule has 0 radical (unpaired) electrons. The summed E-state index contributed by atoms with van der Waals surface area (Å²) in [5.74, 6) is 0.774. The van der Waals surface area contributed by atoms with E-state index in [4.69, 9.17) is 0 Å². The molecule has 0 amide bonds. The van der Waals surface area contributed by atoms with Crippen LogP contribution in [0.25, 0.3) is 0 Å². The van der Waals surface area contributed by atoms with Crippen molar-refractivity contribution < 1.29 is 5.11 Å². The van der Waals surface area contributed by atoms with Gasteiger partial charge in [-0.1, -0.05) is 0 Å². The largest absolute Gasteiger partial charge is 0.384 e. The molecule has 14 heavy (non-hydrogen) atoms. The van der Waals surface area contributed by atoms with Crippen LogP contribution in [-0.4, -0.2) is 34.8 Å². The summed E-state index contributed by atoms with van der Waals surface area (Å²) in [5.41, 5.74) is 1.15. The van der Waals surface area contributed by atoms with Crippen LogP contribution in [0.1, 0.15) is 17.6 Å². The molecule has 1 aromatic heterocycles. The Hall–Kier alpha value is -0.910. The lowest BCUT2D eigenvalue weighted by Crippen LogP contribution is -2.30. The first-order valence-corrected chi connectivity index (χ1v) is 4.90. The highest BCUT2D eigenvalue weighted by molar-refractivity contribution is 5.09. The molecule has 3 N–H and O–H groups in total. The standard InChI is InChI=1S/C9H16N4O/c1-10-6-8(14)9-12-5-7-4-11-2-3-13(7)9/h5,8,10-11,14H,2-4,6H2,1H3. The molecule has 78 valence electrons. The van der Waals surface area contributed by atoms with E-state index in [2.05, 4.69) is 20.2 Å². The first kappa shape index (κ1) is 9.64. The van der Waals surface area contributed by atoms with Gasteiger partial charge in [0.1, 0.15) is 11.9 Å². The molecule has 1 aliphatic heterocycles. The maximum absolute atomic E-state index is 9.80. The van der Waals surface area contributed by atoms with Crippen molar-refractivity contribution in [3.63, 3.8) is 0 Å². The fourth-order valence-corrected chi connectivity index (χ4v) is 1.78. The summed E-state index contributed by atoms with van der Waals surface area (Å²) < 4.78 is 2.10. The Morgan fingerprint density at radius 2 is 2.64 bits per heavy atom. The predicted molar refractivity (Wildman–Crippen MR) is 52.8 cm³/mol. The van der Waals surface area contributed by atoms with Gasteiger partial charge >= 0.3 is 0 Å². The zero-order valence-corrected chi connectivity index (χ0v) is 8.32. The Balaban J connectivity index is 2.21. The molecule has 0 saturated carbocycles. The molecular formula is C9H16N4O. The van der Waals surface area contributed by atoms with Crippen LogP contribution in [0, 0.1) is 0 Å². The minimum Gasteiger partial charge on any atom is -0.384 e. The van der Waals surface area contributed by atoms with Crippen LogP contribution in [0.3, 0.4) is 0 Å². The molecule has 5 heteroatoms. The number of nitrogens with one attached hydrogen (secondary N) is 2. The van der Waals surface area contributed by atoms with Crippen molar-refractivity contribution in [2.24, 2.45) is 0 Å². The average molecular weight is 196 g/mol. The van der Waals surface area contributed by atoms with E-state index < -0.39 is 6.10 Å². The van der Waals surface area contributed by atoms with Crippen molar-refractivity contribution in [2.75, 3.05) is 20.1 Å². The number of hydrogen-bond acceptors (Lipinski definition) is 4. The molecule has 1 aromatic rings. The molecule has 0 bridgehead atoms. The van der Waals surface area contributed by atoms with Gasteiger partial charge in [-0.2, -0.15) is 0 Å². The van der Waals surface area contributed by atoms with Crippen LogP contribution in [0.4, 0.5) is 0 Å². The zero-order valence-electron chi connectivity index (χ0n) is 8.32. The first-order chi connectivity index (χ1) is 6.83. The third-order valence-electron chi connectivity index (χ3n) is 2.48. The summed E-state index contributed by atoms with van der Waals surface area (Å²) in [6.45, 7) is 3.23. The molecular weight excluding hydrogens is 180 g/mol. The number of aliphatic hydroxyl groups excluding tert-OH is 1. The third kappa shape index (κ3) is 1.66. The van der Waals surface area contributed by atoms with Gasteiger partial charge in [0, 0.05) is 32.4 Å². The molecule has 0 fully saturated rings. The summed E-state index contributed by atoms with van der Waals surface area (Å²) >= 11 is 0. The fourth-order valence-electron chi connectivity index (χ4n) is 1.78. The molecule has 5 nitrogen and oxygen atoms in total. The Morgan fingerprint density at radius 1 is 1.79 bits per heavy atom. The van der Waals surface area contributed by atoms with Gasteiger partial charge in [-0.05, 0) is 7.05 Å². The second kappa shape index (κ2) is 4.08. The second-order valence-electron chi connectivity index (χ2n) is 3.51. The van der Waals surface area contributed by atoms with Gasteiger partial charge in [0.25, 0.3) is 0 Å². The zero-order chi connectivity index (χ0) is 9.97. The van der Waals surface area contributed by atoms with Gasteiger partial charge in [-0.25, -0.2) is 4.98 Å². The monoisotopic (exact) mass is 196 g/mol. The molecule has 1 aliphatic rings.